The van der Waals surface area contributed by atoms with Gasteiger partial charge < -0.3 is 42.0 Å². The highest BCUT2D eigenvalue weighted by atomic mass is 32.2. The number of carbonyl (C=O) groups excluding carboxylic acids is 3. The van der Waals surface area contributed by atoms with Gasteiger partial charge in [0.15, 0.2) is 0 Å². The van der Waals surface area contributed by atoms with Crippen LogP contribution in [-0.4, -0.2) is 86.3 Å². The number of hydrogen-bond donors (Lipinski definition) is 8. The number of hydrogen-bond acceptors (Lipinski definition) is 8. The summed E-state index contributed by atoms with van der Waals surface area (Å²) in [4.78, 5) is 54.6. The van der Waals surface area contributed by atoms with E-state index in [4.69, 9.17) is 5.73 Å². The summed E-state index contributed by atoms with van der Waals surface area (Å²) in [6.07, 6.45) is 2.50. The molecule has 0 aliphatic carbocycles. The number of aromatic hydroxyl groups is 1. The molecule has 1 heterocycles. The van der Waals surface area contributed by atoms with Crippen LogP contribution in [0.1, 0.15) is 24.5 Å². The Hall–Kier alpha value is -4.07. The number of rotatable bonds is 15. The van der Waals surface area contributed by atoms with Crippen LogP contribution in [0.25, 0.3) is 10.9 Å². The number of aromatic nitrogens is 1. The minimum absolute atomic E-state index is 0.00292. The molecule has 0 saturated heterocycles. The van der Waals surface area contributed by atoms with Gasteiger partial charge in [0.1, 0.15) is 23.9 Å². The second-order valence-corrected chi connectivity index (χ2v) is 11.0. The molecule has 13 heteroatoms. The normalized spacial score (nSPS) is 14.8. The highest BCUT2D eigenvalue weighted by molar-refractivity contribution is 7.98. The molecule has 0 aliphatic rings. The number of thioether (sulfide) groups is 1. The molecule has 226 valence electrons. The van der Waals surface area contributed by atoms with E-state index in [0.717, 1.165) is 10.9 Å². The Morgan fingerprint density at radius 3 is 2.24 bits per heavy atom. The number of aliphatic hydroxyl groups is 1. The number of carbonyl (C=O) groups is 4. The second-order valence-electron chi connectivity index (χ2n) is 10.0. The Morgan fingerprint density at radius 1 is 0.929 bits per heavy atom. The van der Waals surface area contributed by atoms with Crippen molar-refractivity contribution in [1.29, 1.82) is 0 Å². The topological polar surface area (TPSA) is 207 Å². The number of aliphatic carboxylic acids is 1. The van der Waals surface area contributed by atoms with Crippen LogP contribution >= 0.6 is 11.8 Å². The fraction of sp³-hybridized carbons (Fsp3) is 0.379. The number of H-pyrrole nitrogens is 1. The molecular formula is C29H37N5O7S. The van der Waals surface area contributed by atoms with Crippen LogP contribution in [0.3, 0.4) is 0 Å². The van der Waals surface area contributed by atoms with Crippen molar-refractivity contribution in [3.8, 4) is 5.75 Å². The lowest BCUT2D eigenvalue weighted by molar-refractivity contribution is -0.142. The van der Waals surface area contributed by atoms with Crippen molar-refractivity contribution in [2.24, 2.45) is 5.73 Å². The minimum Gasteiger partial charge on any atom is -0.508 e. The molecule has 3 rings (SSSR count). The van der Waals surface area contributed by atoms with Crippen molar-refractivity contribution >= 4 is 46.4 Å². The lowest BCUT2D eigenvalue weighted by Crippen LogP contribution is -2.60. The highest BCUT2D eigenvalue weighted by Gasteiger charge is 2.33. The van der Waals surface area contributed by atoms with Crippen molar-refractivity contribution in [3.63, 3.8) is 0 Å². The van der Waals surface area contributed by atoms with E-state index < -0.39 is 54.0 Å². The van der Waals surface area contributed by atoms with Gasteiger partial charge >= 0.3 is 5.97 Å². The van der Waals surface area contributed by atoms with E-state index in [1.165, 1.54) is 30.8 Å². The van der Waals surface area contributed by atoms with E-state index >= 15 is 0 Å². The number of nitrogens with two attached hydrogens (primary N) is 1. The van der Waals surface area contributed by atoms with E-state index in [0.29, 0.717) is 23.3 Å². The molecule has 42 heavy (non-hydrogen) atoms. The predicted molar refractivity (Wildman–Crippen MR) is 160 cm³/mol. The first-order valence-electron chi connectivity index (χ1n) is 13.4. The molecule has 5 atom stereocenters. The van der Waals surface area contributed by atoms with Gasteiger partial charge in [-0.3, -0.25) is 14.4 Å². The molecular weight excluding hydrogens is 562 g/mol. The van der Waals surface area contributed by atoms with Crippen molar-refractivity contribution in [2.75, 3.05) is 12.0 Å². The number of benzene rings is 2. The zero-order valence-corrected chi connectivity index (χ0v) is 24.2. The van der Waals surface area contributed by atoms with Crippen LogP contribution in [0, 0.1) is 0 Å². The SMILES string of the molecule is CSCCC(N)C(=O)NC(C(=O)NC(Cc1ccc(O)cc1)C(=O)NC(Cc1c[nH]c2ccccc12)C(=O)O)C(C)O. The molecule has 0 radical (unpaired) electrons. The van der Waals surface area contributed by atoms with E-state index in [2.05, 4.69) is 20.9 Å². The number of fused-ring (bicyclic) bond motifs is 1. The monoisotopic (exact) mass is 599 g/mol. The number of phenols is 1. The number of aromatic amines is 1. The third-order valence-electron chi connectivity index (χ3n) is 6.76. The van der Waals surface area contributed by atoms with Gasteiger partial charge in [0, 0.05) is 29.9 Å². The van der Waals surface area contributed by atoms with Gasteiger partial charge in [0.05, 0.1) is 12.1 Å². The van der Waals surface area contributed by atoms with Crippen LogP contribution in [-0.2, 0) is 32.0 Å². The highest BCUT2D eigenvalue weighted by Crippen LogP contribution is 2.19. The van der Waals surface area contributed by atoms with Crippen LogP contribution < -0.4 is 21.7 Å². The number of carboxylic acid groups (broad SMARTS) is 1. The molecule has 12 nitrogen and oxygen atoms in total. The summed E-state index contributed by atoms with van der Waals surface area (Å²) >= 11 is 1.51. The number of amides is 3. The smallest absolute Gasteiger partial charge is 0.326 e. The molecule has 5 unspecified atom stereocenters. The third kappa shape index (κ3) is 8.96. The van der Waals surface area contributed by atoms with Crippen LogP contribution in [0.4, 0.5) is 0 Å². The summed E-state index contributed by atoms with van der Waals surface area (Å²) in [5.74, 6) is -2.90. The molecule has 3 amide bonds. The lowest BCUT2D eigenvalue weighted by Gasteiger charge is -2.26. The van der Waals surface area contributed by atoms with Crippen LogP contribution in [0.5, 0.6) is 5.75 Å². The first-order valence-corrected chi connectivity index (χ1v) is 14.8. The Labute approximate surface area is 247 Å². The van der Waals surface area contributed by atoms with Gasteiger partial charge in [-0.05, 0) is 54.7 Å². The summed E-state index contributed by atoms with van der Waals surface area (Å²) in [7, 11) is 0. The summed E-state index contributed by atoms with van der Waals surface area (Å²) in [6.45, 7) is 1.31. The number of carboxylic acids is 1. The van der Waals surface area contributed by atoms with Crippen molar-refractivity contribution < 1.29 is 34.5 Å². The number of para-hydroxylation sites is 1. The van der Waals surface area contributed by atoms with Gasteiger partial charge in [0.2, 0.25) is 17.7 Å². The van der Waals surface area contributed by atoms with E-state index in [-0.39, 0.29) is 18.6 Å². The molecule has 3 aromatic rings. The Balaban J connectivity index is 1.80. The first kappa shape index (κ1) is 32.4. The maximum atomic E-state index is 13.5. The average molecular weight is 600 g/mol. The van der Waals surface area contributed by atoms with Crippen molar-refractivity contribution in [1.82, 2.24) is 20.9 Å². The summed E-state index contributed by atoms with van der Waals surface area (Å²) in [5, 5.41) is 38.2. The Kier molecular flexibility index (Phi) is 11.8. The number of aliphatic hydroxyl groups excluding tert-OH is 1. The molecule has 0 saturated carbocycles. The van der Waals surface area contributed by atoms with Gasteiger partial charge in [0.25, 0.3) is 0 Å². The summed E-state index contributed by atoms with van der Waals surface area (Å²) < 4.78 is 0. The van der Waals surface area contributed by atoms with E-state index in [1.807, 2.05) is 30.5 Å². The maximum absolute atomic E-state index is 13.5. The standard InChI is InChI=1S/C29H37N5O7S/c1-16(35)25(34-26(37)21(30)11-12-42-2)28(39)32-23(13-17-7-9-19(36)10-8-17)27(38)33-24(29(40)41)14-18-15-31-22-6-4-3-5-20(18)22/h3-10,15-16,21,23-25,31,35-36H,11-14,30H2,1-2H3,(H,32,39)(H,33,38)(H,34,37)(H,40,41). The fourth-order valence-corrected chi connectivity index (χ4v) is 4.86. The number of phenolic OH excluding ortho intramolecular Hbond substituents is 1. The van der Waals surface area contributed by atoms with Crippen molar-refractivity contribution in [2.45, 2.75) is 56.5 Å². The predicted octanol–water partition coefficient (Wildman–Crippen LogP) is 0.659. The molecule has 0 fully saturated rings. The summed E-state index contributed by atoms with van der Waals surface area (Å²) in [5.41, 5.74) is 7.98. The molecule has 2 aromatic carbocycles. The van der Waals surface area contributed by atoms with Crippen LogP contribution in [0.15, 0.2) is 54.7 Å². The van der Waals surface area contributed by atoms with E-state index in [9.17, 15) is 34.5 Å². The molecule has 0 bridgehead atoms. The Morgan fingerprint density at radius 2 is 1.60 bits per heavy atom. The minimum atomic E-state index is -1.42. The van der Waals surface area contributed by atoms with Gasteiger partial charge in [-0.1, -0.05) is 30.3 Å². The summed E-state index contributed by atoms with van der Waals surface area (Å²) in [6, 6.07) is 8.38. The first-order chi connectivity index (χ1) is 20.0. The number of nitrogens with one attached hydrogen (secondary N) is 4. The van der Waals surface area contributed by atoms with Gasteiger partial charge in [-0.15, -0.1) is 0 Å². The quantitative estimate of drug-likeness (QED) is 0.123. The van der Waals surface area contributed by atoms with Gasteiger partial charge in [-0.25, -0.2) is 4.79 Å². The lowest BCUT2D eigenvalue weighted by atomic mass is 10.0. The zero-order valence-electron chi connectivity index (χ0n) is 23.4. The molecule has 9 N–H and O–H groups in total. The molecule has 1 aromatic heterocycles. The zero-order chi connectivity index (χ0) is 30.8. The van der Waals surface area contributed by atoms with Gasteiger partial charge in [-0.2, -0.15) is 11.8 Å². The molecule has 0 aliphatic heterocycles. The van der Waals surface area contributed by atoms with Crippen LogP contribution in [0.2, 0.25) is 0 Å². The third-order valence-corrected chi connectivity index (χ3v) is 7.40. The fourth-order valence-electron chi connectivity index (χ4n) is 4.37. The Bertz CT molecular complexity index is 1380. The average Bonchev–Trinajstić information content (AvgIpc) is 3.37. The second kappa shape index (κ2) is 15.2. The molecule has 0 spiro atoms. The maximum Gasteiger partial charge on any atom is 0.326 e. The van der Waals surface area contributed by atoms with E-state index in [1.54, 1.807) is 18.3 Å². The largest absolute Gasteiger partial charge is 0.508 e. The van der Waals surface area contributed by atoms with Crippen molar-refractivity contribution in [3.05, 3.63) is 65.9 Å².